The van der Waals surface area contributed by atoms with Crippen molar-refractivity contribution in [3.05, 3.63) is 59.7 Å². The van der Waals surface area contributed by atoms with E-state index in [1.54, 1.807) is 24.3 Å². The monoisotopic (exact) mass is 317 g/mol. The molecule has 6 heteroatoms. The Balaban J connectivity index is 2.08. The molecule has 5 nitrogen and oxygen atoms in total. The molecule has 0 aliphatic heterocycles. The van der Waals surface area contributed by atoms with Gasteiger partial charge in [0.05, 0.1) is 11.4 Å². The van der Waals surface area contributed by atoms with Gasteiger partial charge >= 0.3 is 5.97 Å². The minimum Gasteiger partial charge on any atom is -0.480 e. The third-order valence-electron chi connectivity index (χ3n) is 3.12. The van der Waals surface area contributed by atoms with E-state index in [9.17, 15) is 4.79 Å². The molecule has 0 spiro atoms. The molecular weight excluding hydrogens is 302 g/mol. The first-order valence-corrected chi connectivity index (χ1v) is 7.26. The number of carbonyl (C=O) groups is 1. The lowest BCUT2D eigenvalue weighted by Gasteiger charge is -2.06. The van der Waals surface area contributed by atoms with Crippen LogP contribution >= 0.6 is 11.6 Å². The molecule has 2 rings (SSSR count). The van der Waals surface area contributed by atoms with Crippen LogP contribution in [-0.4, -0.2) is 17.1 Å². The van der Waals surface area contributed by atoms with Crippen molar-refractivity contribution in [1.29, 1.82) is 0 Å². The zero-order valence-corrected chi connectivity index (χ0v) is 12.6. The molecule has 22 heavy (non-hydrogen) atoms. The van der Waals surface area contributed by atoms with Gasteiger partial charge in [-0.05, 0) is 35.7 Å². The van der Waals surface area contributed by atoms with E-state index in [4.69, 9.17) is 22.4 Å². The van der Waals surface area contributed by atoms with Crippen LogP contribution in [-0.2, 0) is 17.1 Å². The maximum Gasteiger partial charge on any atom is 0.320 e. The minimum atomic E-state index is -1.01. The summed E-state index contributed by atoms with van der Waals surface area (Å²) < 4.78 is 0. The number of nitrogens with zero attached hydrogens (tertiary/aromatic N) is 2. The summed E-state index contributed by atoms with van der Waals surface area (Å²) in [6.45, 7) is 0. The Hall–Kier alpha value is -2.24. The van der Waals surface area contributed by atoms with Gasteiger partial charge in [-0.3, -0.25) is 4.79 Å². The summed E-state index contributed by atoms with van der Waals surface area (Å²) in [7, 11) is 0. The molecule has 0 bridgehead atoms. The van der Waals surface area contributed by atoms with Crippen molar-refractivity contribution >= 4 is 28.9 Å². The van der Waals surface area contributed by atoms with E-state index in [1.807, 2.05) is 24.3 Å². The lowest BCUT2D eigenvalue weighted by Crippen LogP contribution is -2.32. The smallest absolute Gasteiger partial charge is 0.320 e. The molecule has 0 amide bonds. The summed E-state index contributed by atoms with van der Waals surface area (Å²) >= 11 is 5.85. The molecule has 2 aromatic carbocycles. The number of azo groups is 1. The fourth-order valence-electron chi connectivity index (χ4n) is 1.87. The number of nitrogens with two attached hydrogens (primary N) is 1. The Morgan fingerprint density at radius 2 is 1.82 bits per heavy atom. The number of halogens is 1. The number of hydrogen-bond acceptors (Lipinski definition) is 4. The summed E-state index contributed by atoms with van der Waals surface area (Å²) in [6, 6.07) is 13.8. The van der Waals surface area contributed by atoms with Crippen molar-refractivity contribution in [2.24, 2.45) is 16.0 Å². The molecule has 114 valence electrons. The highest BCUT2D eigenvalue weighted by molar-refractivity contribution is 6.17. The molecule has 0 saturated heterocycles. The second-order valence-electron chi connectivity index (χ2n) is 4.78. The predicted octanol–water partition coefficient (Wildman–Crippen LogP) is 3.80. The summed E-state index contributed by atoms with van der Waals surface area (Å²) in [5, 5.41) is 17.1. The van der Waals surface area contributed by atoms with Crippen molar-refractivity contribution in [2.75, 3.05) is 0 Å². The Kier molecular flexibility index (Phi) is 5.63. The topological polar surface area (TPSA) is 88.0 Å². The molecule has 0 fully saturated rings. The van der Waals surface area contributed by atoms with Crippen molar-refractivity contribution in [3.8, 4) is 0 Å². The first kappa shape index (κ1) is 16.1. The average molecular weight is 318 g/mol. The standard InChI is InChI=1S/C16H16ClN3O2/c17-10-12-3-1-2-4-15(12)20-19-13-7-5-11(6-8-13)9-14(18)16(21)22/h1-8,14H,9-10,18H2,(H,21,22)/t14-/m0/s1. The number of hydrogen-bond donors (Lipinski definition) is 2. The fourth-order valence-corrected chi connectivity index (χ4v) is 2.10. The molecule has 0 saturated carbocycles. The first-order chi connectivity index (χ1) is 10.6. The Bertz CT molecular complexity index is 671. The van der Waals surface area contributed by atoms with Crippen molar-refractivity contribution in [2.45, 2.75) is 18.3 Å². The quantitative estimate of drug-likeness (QED) is 0.627. The minimum absolute atomic E-state index is 0.280. The predicted molar refractivity (Wildman–Crippen MR) is 85.9 cm³/mol. The summed E-state index contributed by atoms with van der Waals surface area (Å²) in [4.78, 5) is 10.7. The molecule has 1 atom stereocenters. The first-order valence-electron chi connectivity index (χ1n) is 6.73. The molecule has 0 radical (unpaired) electrons. The molecule has 0 aliphatic carbocycles. The normalized spacial score (nSPS) is 12.5. The second-order valence-corrected chi connectivity index (χ2v) is 5.04. The number of rotatable bonds is 6. The third-order valence-corrected chi connectivity index (χ3v) is 3.41. The highest BCUT2D eigenvalue weighted by Gasteiger charge is 2.11. The highest BCUT2D eigenvalue weighted by Crippen LogP contribution is 2.23. The van der Waals surface area contributed by atoms with Crippen LogP contribution in [0.15, 0.2) is 58.8 Å². The van der Waals surface area contributed by atoms with Crippen LogP contribution in [0.25, 0.3) is 0 Å². The van der Waals surface area contributed by atoms with Crippen LogP contribution in [0, 0.1) is 0 Å². The number of alkyl halides is 1. The van der Waals surface area contributed by atoms with E-state index in [0.717, 1.165) is 16.8 Å². The zero-order chi connectivity index (χ0) is 15.9. The van der Waals surface area contributed by atoms with Gasteiger partial charge in [0, 0.05) is 5.88 Å². The maximum absolute atomic E-state index is 10.7. The van der Waals surface area contributed by atoms with Crippen molar-refractivity contribution in [3.63, 3.8) is 0 Å². The highest BCUT2D eigenvalue weighted by atomic mass is 35.5. The van der Waals surface area contributed by atoms with Gasteiger partial charge in [-0.1, -0.05) is 30.3 Å². The Morgan fingerprint density at radius 3 is 2.45 bits per heavy atom. The summed E-state index contributed by atoms with van der Waals surface area (Å²) in [5.41, 5.74) is 8.66. The van der Waals surface area contributed by atoms with Crippen LogP contribution in [0.2, 0.25) is 0 Å². The van der Waals surface area contributed by atoms with Gasteiger partial charge in [-0.2, -0.15) is 10.2 Å². The van der Waals surface area contributed by atoms with Gasteiger partial charge in [0.2, 0.25) is 0 Å². The molecule has 0 unspecified atom stereocenters. The van der Waals surface area contributed by atoms with Crippen LogP contribution in [0.1, 0.15) is 11.1 Å². The number of carboxylic acid groups (broad SMARTS) is 1. The number of aliphatic carboxylic acids is 1. The second kappa shape index (κ2) is 7.68. The fraction of sp³-hybridized carbons (Fsp3) is 0.188. The van der Waals surface area contributed by atoms with E-state index in [1.165, 1.54) is 0 Å². The zero-order valence-electron chi connectivity index (χ0n) is 11.8. The van der Waals surface area contributed by atoms with Crippen LogP contribution in [0.3, 0.4) is 0 Å². The van der Waals surface area contributed by atoms with Gasteiger partial charge in [-0.15, -0.1) is 11.6 Å². The van der Waals surface area contributed by atoms with Gasteiger partial charge in [0.25, 0.3) is 0 Å². The lowest BCUT2D eigenvalue weighted by molar-refractivity contribution is -0.138. The van der Waals surface area contributed by atoms with Crippen molar-refractivity contribution < 1.29 is 9.90 Å². The number of carboxylic acids is 1. The molecule has 0 heterocycles. The van der Waals surface area contributed by atoms with Crippen LogP contribution in [0.4, 0.5) is 11.4 Å². The van der Waals surface area contributed by atoms with Gasteiger partial charge in [-0.25, -0.2) is 0 Å². The molecular formula is C16H16ClN3O2. The van der Waals surface area contributed by atoms with Gasteiger partial charge in [0.15, 0.2) is 0 Å². The van der Waals surface area contributed by atoms with Crippen molar-refractivity contribution in [1.82, 2.24) is 0 Å². The van der Waals surface area contributed by atoms with E-state index in [-0.39, 0.29) is 6.42 Å². The largest absolute Gasteiger partial charge is 0.480 e. The van der Waals surface area contributed by atoms with Gasteiger partial charge < -0.3 is 10.8 Å². The summed E-state index contributed by atoms with van der Waals surface area (Å²) in [5.74, 6) is -0.636. The van der Waals surface area contributed by atoms with E-state index < -0.39 is 12.0 Å². The lowest BCUT2D eigenvalue weighted by atomic mass is 10.1. The Morgan fingerprint density at radius 1 is 1.14 bits per heavy atom. The summed E-state index contributed by atoms with van der Waals surface area (Å²) in [6.07, 6.45) is 0.280. The average Bonchev–Trinajstić information content (AvgIpc) is 2.54. The van der Waals surface area contributed by atoms with E-state index in [0.29, 0.717) is 11.6 Å². The molecule has 0 aromatic heterocycles. The number of benzene rings is 2. The SMILES string of the molecule is N[C@@H](Cc1ccc(N=Nc2ccccc2CCl)cc1)C(=O)O. The van der Waals surface area contributed by atoms with Crippen LogP contribution in [0.5, 0.6) is 0 Å². The molecule has 2 aromatic rings. The van der Waals surface area contributed by atoms with E-state index in [2.05, 4.69) is 10.2 Å². The third kappa shape index (κ3) is 4.38. The Labute approximate surface area is 133 Å². The maximum atomic E-state index is 10.7. The molecule has 0 aliphatic rings. The van der Waals surface area contributed by atoms with E-state index >= 15 is 0 Å². The van der Waals surface area contributed by atoms with Crippen LogP contribution < -0.4 is 5.73 Å². The molecule has 3 N–H and O–H groups in total. The van der Waals surface area contributed by atoms with Gasteiger partial charge in [0.1, 0.15) is 6.04 Å².